The summed E-state index contributed by atoms with van der Waals surface area (Å²) in [7, 11) is 0. The zero-order chi connectivity index (χ0) is 18.8. The van der Waals surface area contributed by atoms with Crippen LogP contribution < -0.4 is 22.1 Å². The molecule has 0 aliphatic heterocycles. The average molecular weight is 350 g/mol. The van der Waals surface area contributed by atoms with Crippen LogP contribution in [0.25, 0.3) is 0 Å². The van der Waals surface area contributed by atoms with Crippen LogP contribution in [0, 0.1) is 0 Å². The van der Waals surface area contributed by atoms with Crippen molar-refractivity contribution in [2.24, 2.45) is 11.5 Å². The highest BCUT2D eigenvalue weighted by molar-refractivity contribution is 5.91. The number of rotatable bonds is 10. The van der Waals surface area contributed by atoms with Gasteiger partial charge in [0, 0.05) is 6.42 Å². The smallest absolute Gasteiger partial charge is 0.322 e. The molecule has 0 saturated heterocycles. The fourth-order valence-electron chi connectivity index (χ4n) is 2.08. The molecule has 0 aromatic heterocycles. The maximum Gasteiger partial charge on any atom is 0.322 e. The highest BCUT2D eigenvalue weighted by atomic mass is 16.4. The van der Waals surface area contributed by atoms with Crippen LogP contribution in [0.3, 0.4) is 0 Å². The molecule has 0 bridgehead atoms. The van der Waals surface area contributed by atoms with Crippen molar-refractivity contribution < 1.29 is 24.3 Å². The number of carboxylic acids is 1. The summed E-state index contributed by atoms with van der Waals surface area (Å²) in [5.41, 5.74) is 11.8. The second-order valence-electron chi connectivity index (χ2n) is 5.47. The van der Waals surface area contributed by atoms with Crippen molar-refractivity contribution >= 4 is 23.7 Å². The van der Waals surface area contributed by atoms with Crippen LogP contribution in [-0.2, 0) is 25.6 Å². The maximum absolute atomic E-state index is 12.2. The Hall–Kier alpha value is -2.94. The Morgan fingerprint density at radius 2 is 1.72 bits per heavy atom. The summed E-state index contributed by atoms with van der Waals surface area (Å²) in [5, 5.41) is 13.2. The van der Waals surface area contributed by atoms with Crippen molar-refractivity contribution in [1.82, 2.24) is 10.6 Å². The van der Waals surface area contributed by atoms with Crippen LogP contribution in [0.15, 0.2) is 30.3 Å². The summed E-state index contributed by atoms with van der Waals surface area (Å²) in [6.45, 7) is -0.599. The summed E-state index contributed by atoms with van der Waals surface area (Å²) in [6, 6.07) is 7.10. The number of primary amides is 1. The predicted molar refractivity (Wildman–Crippen MR) is 89.1 cm³/mol. The van der Waals surface area contributed by atoms with Crippen molar-refractivity contribution in [3.05, 3.63) is 35.9 Å². The van der Waals surface area contributed by atoms with Gasteiger partial charge in [0.05, 0.1) is 6.04 Å². The molecule has 136 valence electrons. The Bertz CT molecular complexity index is 620. The quantitative estimate of drug-likeness (QED) is 0.345. The number of nitrogens with one attached hydrogen (secondary N) is 2. The van der Waals surface area contributed by atoms with Crippen LogP contribution in [0.2, 0.25) is 0 Å². The first kappa shape index (κ1) is 20.1. The number of hydrogen-bond donors (Lipinski definition) is 5. The van der Waals surface area contributed by atoms with Gasteiger partial charge in [-0.15, -0.1) is 0 Å². The fourth-order valence-corrected chi connectivity index (χ4v) is 2.08. The van der Waals surface area contributed by atoms with Crippen LogP contribution in [0.5, 0.6) is 0 Å². The van der Waals surface area contributed by atoms with E-state index in [1.165, 1.54) is 0 Å². The van der Waals surface area contributed by atoms with Crippen LogP contribution in [0.1, 0.15) is 18.4 Å². The molecule has 0 aliphatic carbocycles. The van der Waals surface area contributed by atoms with E-state index in [0.717, 1.165) is 5.56 Å². The normalized spacial score (nSPS) is 12.7. The molecule has 9 heteroatoms. The van der Waals surface area contributed by atoms with Crippen molar-refractivity contribution in [2.75, 3.05) is 6.54 Å². The second-order valence-corrected chi connectivity index (χ2v) is 5.47. The van der Waals surface area contributed by atoms with Gasteiger partial charge in [0.15, 0.2) is 0 Å². The number of carboxylic acid groups (broad SMARTS) is 1. The zero-order valence-corrected chi connectivity index (χ0v) is 13.6. The van der Waals surface area contributed by atoms with E-state index in [2.05, 4.69) is 10.6 Å². The minimum absolute atomic E-state index is 0.0510. The lowest BCUT2D eigenvalue weighted by atomic mass is 10.0. The number of hydrogen-bond acceptors (Lipinski definition) is 5. The molecular formula is C16H22N4O5. The first-order valence-electron chi connectivity index (χ1n) is 7.67. The van der Waals surface area contributed by atoms with Gasteiger partial charge in [0.1, 0.15) is 12.6 Å². The van der Waals surface area contributed by atoms with Gasteiger partial charge in [0.25, 0.3) is 0 Å². The van der Waals surface area contributed by atoms with Gasteiger partial charge >= 0.3 is 5.97 Å². The van der Waals surface area contributed by atoms with E-state index in [4.69, 9.17) is 16.6 Å². The molecule has 25 heavy (non-hydrogen) atoms. The minimum Gasteiger partial charge on any atom is -0.480 e. The summed E-state index contributed by atoms with van der Waals surface area (Å²) in [5.74, 6) is -3.17. The lowest BCUT2D eigenvalue weighted by molar-refractivity contribution is -0.138. The molecule has 1 aromatic carbocycles. The molecule has 3 amide bonds. The lowest BCUT2D eigenvalue weighted by Gasteiger charge is -2.20. The third-order valence-electron chi connectivity index (χ3n) is 3.36. The first-order valence-corrected chi connectivity index (χ1v) is 7.67. The summed E-state index contributed by atoms with van der Waals surface area (Å²) in [4.78, 5) is 45.6. The minimum atomic E-state index is -1.23. The summed E-state index contributed by atoms with van der Waals surface area (Å²) in [6.07, 6.45) is 0.0793. The number of aliphatic carboxylic acids is 1. The molecule has 0 spiro atoms. The van der Waals surface area contributed by atoms with Crippen LogP contribution in [-0.4, -0.2) is 47.4 Å². The van der Waals surface area contributed by atoms with E-state index < -0.39 is 42.3 Å². The summed E-state index contributed by atoms with van der Waals surface area (Å²) < 4.78 is 0. The van der Waals surface area contributed by atoms with E-state index in [1.807, 2.05) is 30.3 Å². The molecule has 0 saturated carbocycles. The molecule has 9 nitrogen and oxygen atoms in total. The molecule has 1 aromatic rings. The van der Waals surface area contributed by atoms with Crippen molar-refractivity contribution in [3.63, 3.8) is 0 Å². The molecule has 1 rings (SSSR count). The van der Waals surface area contributed by atoms with Crippen LogP contribution in [0.4, 0.5) is 0 Å². The monoisotopic (exact) mass is 350 g/mol. The number of benzene rings is 1. The Balaban J connectivity index is 2.67. The highest BCUT2D eigenvalue weighted by Gasteiger charge is 2.24. The molecular weight excluding hydrogens is 328 g/mol. The molecule has 0 radical (unpaired) electrons. The molecule has 0 aliphatic rings. The number of carbonyl (C=O) groups excluding carboxylic acids is 3. The van der Waals surface area contributed by atoms with Gasteiger partial charge < -0.3 is 27.2 Å². The largest absolute Gasteiger partial charge is 0.480 e. The van der Waals surface area contributed by atoms with Crippen molar-refractivity contribution in [1.29, 1.82) is 0 Å². The van der Waals surface area contributed by atoms with Gasteiger partial charge in [-0.05, 0) is 18.4 Å². The third kappa shape index (κ3) is 7.93. The van der Waals surface area contributed by atoms with E-state index >= 15 is 0 Å². The topological polar surface area (TPSA) is 165 Å². The van der Waals surface area contributed by atoms with E-state index in [0.29, 0.717) is 0 Å². The Labute approximate surface area is 144 Å². The highest BCUT2D eigenvalue weighted by Crippen LogP contribution is 2.03. The summed E-state index contributed by atoms with van der Waals surface area (Å²) >= 11 is 0. The maximum atomic E-state index is 12.2. The van der Waals surface area contributed by atoms with Gasteiger partial charge in [-0.1, -0.05) is 30.3 Å². The fraction of sp³-hybridized carbons (Fsp3) is 0.375. The van der Waals surface area contributed by atoms with Gasteiger partial charge in [-0.3, -0.25) is 19.2 Å². The van der Waals surface area contributed by atoms with E-state index in [-0.39, 0.29) is 19.3 Å². The van der Waals surface area contributed by atoms with E-state index in [1.54, 1.807) is 0 Å². The van der Waals surface area contributed by atoms with Gasteiger partial charge in [-0.2, -0.15) is 0 Å². The molecule has 2 atom stereocenters. The average Bonchev–Trinajstić information content (AvgIpc) is 2.56. The predicted octanol–water partition coefficient (Wildman–Crippen LogP) is -1.49. The molecule has 0 heterocycles. The Kier molecular flexibility index (Phi) is 8.07. The standard InChI is InChI=1S/C16H22N4O5/c17-11(8-10-4-2-1-3-5-10)15(24)20-12(6-7-13(18)21)16(25)19-9-14(22)23/h1-5,11-12H,6-9,17H2,(H2,18,21)(H,19,25)(H,20,24)(H,22,23). The SMILES string of the molecule is NC(=O)CCC(NC(=O)C(N)Cc1ccccc1)C(=O)NCC(=O)O. The van der Waals surface area contributed by atoms with Crippen LogP contribution >= 0.6 is 0 Å². The van der Waals surface area contributed by atoms with Crippen molar-refractivity contribution in [2.45, 2.75) is 31.3 Å². The first-order chi connectivity index (χ1) is 11.8. The Morgan fingerprint density at radius 1 is 1.08 bits per heavy atom. The molecule has 7 N–H and O–H groups in total. The van der Waals surface area contributed by atoms with Gasteiger partial charge in [0.2, 0.25) is 17.7 Å². The Morgan fingerprint density at radius 3 is 2.28 bits per heavy atom. The lowest BCUT2D eigenvalue weighted by Crippen LogP contribution is -2.52. The van der Waals surface area contributed by atoms with Gasteiger partial charge in [-0.25, -0.2) is 0 Å². The third-order valence-corrected chi connectivity index (χ3v) is 3.36. The molecule has 2 unspecified atom stereocenters. The molecule has 0 fully saturated rings. The number of nitrogens with two attached hydrogens (primary N) is 2. The van der Waals surface area contributed by atoms with E-state index in [9.17, 15) is 19.2 Å². The van der Waals surface area contributed by atoms with Crippen molar-refractivity contribution in [3.8, 4) is 0 Å². The number of carbonyl (C=O) groups is 4. The second kappa shape index (κ2) is 10.0. The zero-order valence-electron chi connectivity index (χ0n) is 13.6. The number of amides is 3.